The van der Waals surface area contributed by atoms with Crippen molar-refractivity contribution < 1.29 is 0 Å². The minimum Gasteiger partial charge on any atom is -0.250 e. The number of aromatic nitrogens is 1. The van der Waals surface area contributed by atoms with Crippen molar-refractivity contribution in [1.82, 2.24) is 4.98 Å². The number of pyridine rings is 1. The average molecular weight is 181 g/mol. The maximum atomic E-state index is 4.33. The van der Waals surface area contributed by atoms with Gasteiger partial charge in [0.2, 0.25) is 0 Å². The fourth-order valence-corrected chi connectivity index (χ4v) is 1.40. The summed E-state index contributed by atoms with van der Waals surface area (Å²) in [5.41, 5.74) is 1.34. The Morgan fingerprint density at radius 1 is 1.50 bits per heavy atom. The maximum absolute atomic E-state index is 4.33. The fraction of sp³-hybridized carbons (Fsp3) is 0.500. The topological polar surface area (TPSA) is 12.9 Å². The molecule has 1 atom stereocenters. The molecule has 1 heterocycles. The summed E-state index contributed by atoms with van der Waals surface area (Å²) in [7, 11) is 0. The Bertz CT molecular complexity index is 230. The van der Waals surface area contributed by atoms with Gasteiger partial charge < -0.3 is 0 Å². The molecule has 0 saturated carbocycles. The van der Waals surface area contributed by atoms with Crippen LogP contribution in [0.4, 0.5) is 0 Å². The smallest absolute Gasteiger partial charge is 0.0957 e. The Kier molecular flexibility index (Phi) is 3.60. The lowest BCUT2D eigenvalue weighted by Crippen LogP contribution is -1.92. The van der Waals surface area contributed by atoms with E-state index in [-0.39, 0.29) is 0 Å². The van der Waals surface area contributed by atoms with Gasteiger partial charge in [-0.2, -0.15) is 0 Å². The van der Waals surface area contributed by atoms with Crippen molar-refractivity contribution in [1.29, 1.82) is 0 Å². The molecule has 0 amide bonds. The number of thioether (sulfide) groups is 1. The molecule has 1 unspecified atom stereocenters. The quantitative estimate of drug-likeness (QED) is 0.663. The summed E-state index contributed by atoms with van der Waals surface area (Å²) < 4.78 is 0. The van der Waals surface area contributed by atoms with Gasteiger partial charge in [0.1, 0.15) is 0 Å². The van der Waals surface area contributed by atoms with Gasteiger partial charge in [0, 0.05) is 6.20 Å². The second kappa shape index (κ2) is 4.51. The minimum absolute atomic E-state index is 0.633. The number of nitrogens with zero attached hydrogens (tertiary/aromatic N) is 1. The molecule has 1 rings (SSSR count). The largest absolute Gasteiger partial charge is 0.250 e. The van der Waals surface area contributed by atoms with E-state index in [2.05, 4.69) is 31.0 Å². The SMILES string of the molecule is CCC(C)c1ccc(SC)nc1. The molecule has 1 aromatic rings. The molecular formula is C10H15NS. The van der Waals surface area contributed by atoms with E-state index in [4.69, 9.17) is 0 Å². The predicted octanol–water partition coefficient (Wildman–Crippen LogP) is 3.32. The van der Waals surface area contributed by atoms with Crippen LogP contribution in [-0.4, -0.2) is 11.2 Å². The van der Waals surface area contributed by atoms with Crippen LogP contribution in [0.1, 0.15) is 31.7 Å². The van der Waals surface area contributed by atoms with Crippen molar-refractivity contribution in [3.8, 4) is 0 Å². The van der Waals surface area contributed by atoms with Gasteiger partial charge >= 0.3 is 0 Å². The van der Waals surface area contributed by atoms with Crippen molar-refractivity contribution in [3.05, 3.63) is 23.9 Å². The van der Waals surface area contributed by atoms with Gasteiger partial charge in [0.05, 0.1) is 5.03 Å². The third kappa shape index (κ3) is 2.24. The average Bonchev–Trinajstić information content (AvgIpc) is 2.17. The highest BCUT2D eigenvalue weighted by atomic mass is 32.2. The van der Waals surface area contributed by atoms with Crippen molar-refractivity contribution in [2.75, 3.05) is 6.26 Å². The third-order valence-corrected chi connectivity index (χ3v) is 2.81. The Morgan fingerprint density at radius 3 is 2.67 bits per heavy atom. The van der Waals surface area contributed by atoms with Crippen molar-refractivity contribution in [2.45, 2.75) is 31.2 Å². The molecule has 0 aliphatic heterocycles. The molecule has 1 aromatic heterocycles. The molecule has 66 valence electrons. The molecule has 0 fully saturated rings. The highest BCUT2D eigenvalue weighted by Gasteiger charge is 2.02. The van der Waals surface area contributed by atoms with Gasteiger partial charge in [-0.25, -0.2) is 4.98 Å². The van der Waals surface area contributed by atoms with Crippen LogP contribution in [0.3, 0.4) is 0 Å². The zero-order valence-corrected chi connectivity index (χ0v) is 8.69. The normalized spacial score (nSPS) is 12.9. The van der Waals surface area contributed by atoms with E-state index in [1.165, 1.54) is 12.0 Å². The number of hydrogen-bond donors (Lipinski definition) is 0. The summed E-state index contributed by atoms with van der Waals surface area (Å²) in [5, 5.41) is 1.10. The standard InChI is InChI=1S/C10H15NS/c1-4-8(2)9-5-6-10(12-3)11-7-9/h5-8H,4H2,1-3H3. The lowest BCUT2D eigenvalue weighted by Gasteiger charge is -2.07. The molecule has 1 nitrogen and oxygen atoms in total. The van der Waals surface area contributed by atoms with Gasteiger partial charge in [0.15, 0.2) is 0 Å². The van der Waals surface area contributed by atoms with Crippen LogP contribution in [0.25, 0.3) is 0 Å². The van der Waals surface area contributed by atoms with Crippen LogP contribution >= 0.6 is 11.8 Å². The Morgan fingerprint density at radius 2 is 2.25 bits per heavy atom. The van der Waals surface area contributed by atoms with E-state index in [0.717, 1.165) is 5.03 Å². The molecule has 0 spiro atoms. The summed E-state index contributed by atoms with van der Waals surface area (Å²) in [5.74, 6) is 0.633. The van der Waals surface area contributed by atoms with Crippen molar-refractivity contribution in [3.63, 3.8) is 0 Å². The Balaban J connectivity index is 2.77. The molecule has 0 bridgehead atoms. The summed E-state index contributed by atoms with van der Waals surface area (Å²) in [6.07, 6.45) is 5.21. The fourth-order valence-electron chi connectivity index (χ4n) is 1.04. The third-order valence-electron chi connectivity index (χ3n) is 2.15. The van der Waals surface area contributed by atoms with E-state index in [1.807, 2.05) is 12.5 Å². The number of hydrogen-bond acceptors (Lipinski definition) is 2. The Labute approximate surface area is 78.6 Å². The maximum Gasteiger partial charge on any atom is 0.0957 e. The van der Waals surface area contributed by atoms with E-state index in [9.17, 15) is 0 Å². The molecular weight excluding hydrogens is 166 g/mol. The predicted molar refractivity (Wildman–Crippen MR) is 54.7 cm³/mol. The molecule has 0 aliphatic rings. The van der Waals surface area contributed by atoms with Gasteiger partial charge in [-0.05, 0) is 30.2 Å². The molecule has 0 aromatic carbocycles. The lowest BCUT2D eigenvalue weighted by molar-refractivity contribution is 0.727. The van der Waals surface area contributed by atoms with Gasteiger partial charge in [-0.15, -0.1) is 11.8 Å². The lowest BCUT2D eigenvalue weighted by atomic mass is 10.0. The molecule has 0 radical (unpaired) electrons. The highest BCUT2D eigenvalue weighted by molar-refractivity contribution is 7.98. The Hall–Kier alpha value is -0.500. The first kappa shape index (κ1) is 9.59. The molecule has 0 aliphatic carbocycles. The van der Waals surface area contributed by atoms with E-state index in [1.54, 1.807) is 11.8 Å². The van der Waals surface area contributed by atoms with Gasteiger partial charge in [-0.1, -0.05) is 19.9 Å². The van der Waals surface area contributed by atoms with E-state index >= 15 is 0 Å². The first-order valence-corrected chi connectivity index (χ1v) is 5.50. The monoisotopic (exact) mass is 181 g/mol. The van der Waals surface area contributed by atoms with E-state index in [0.29, 0.717) is 5.92 Å². The summed E-state index contributed by atoms with van der Waals surface area (Å²) in [6.45, 7) is 4.43. The zero-order valence-electron chi connectivity index (χ0n) is 7.87. The second-order valence-electron chi connectivity index (χ2n) is 2.94. The first-order chi connectivity index (χ1) is 5.77. The highest BCUT2D eigenvalue weighted by Crippen LogP contribution is 2.19. The van der Waals surface area contributed by atoms with Crippen LogP contribution in [-0.2, 0) is 0 Å². The zero-order chi connectivity index (χ0) is 8.97. The summed E-state index contributed by atoms with van der Waals surface area (Å²) >= 11 is 1.69. The van der Waals surface area contributed by atoms with Crippen molar-refractivity contribution >= 4 is 11.8 Å². The number of rotatable bonds is 3. The van der Waals surface area contributed by atoms with Crippen LogP contribution < -0.4 is 0 Å². The van der Waals surface area contributed by atoms with Crippen LogP contribution in [0.5, 0.6) is 0 Å². The first-order valence-electron chi connectivity index (χ1n) is 4.27. The molecule has 12 heavy (non-hydrogen) atoms. The van der Waals surface area contributed by atoms with Crippen LogP contribution in [0.2, 0.25) is 0 Å². The van der Waals surface area contributed by atoms with Crippen LogP contribution in [0, 0.1) is 0 Å². The van der Waals surface area contributed by atoms with Gasteiger partial charge in [-0.3, -0.25) is 0 Å². The minimum atomic E-state index is 0.633. The molecule has 2 heteroatoms. The van der Waals surface area contributed by atoms with Crippen molar-refractivity contribution in [2.24, 2.45) is 0 Å². The summed E-state index contributed by atoms with van der Waals surface area (Å²) in [4.78, 5) is 4.33. The second-order valence-corrected chi connectivity index (χ2v) is 3.77. The summed E-state index contributed by atoms with van der Waals surface area (Å²) in [6, 6.07) is 4.26. The molecule has 0 N–H and O–H groups in total. The van der Waals surface area contributed by atoms with E-state index < -0.39 is 0 Å². The molecule has 0 saturated heterocycles. The van der Waals surface area contributed by atoms with Crippen LogP contribution in [0.15, 0.2) is 23.4 Å². The van der Waals surface area contributed by atoms with Gasteiger partial charge in [0.25, 0.3) is 0 Å².